The van der Waals surface area contributed by atoms with Crippen molar-refractivity contribution in [1.82, 2.24) is 4.90 Å². The number of amides is 1. The highest BCUT2D eigenvalue weighted by atomic mass is 19.1. The molecule has 0 aliphatic carbocycles. The van der Waals surface area contributed by atoms with Crippen LogP contribution in [0.4, 0.5) is 4.39 Å². The molecule has 0 bridgehead atoms. The van der Waals surface area contributed by atoms with Gasteiger partial charge in [-0.25, -0.2) is 4.39 Å². The summed E-state index contributed by atoms with van der Waals surface area (Å²) in [6, 6.07) is 4.44. The summed E-state index contributed by atoms with van der Waals surface area (Å²) in [5.41, 5.74) is 7.41. The van der Waals surface area contributed by atoms with Crippen LogP contribution in [-0.4, -0.2) is 36.5 Å². The second-order valence-electron chi connectivity index (χ2n) is 5.92. The Morgan fingerprint density at radius 2 is 2.19 bits per heavy atom. The Morgan fingerprint density at radius 3 is 2.81 bits per heavy atom. The van der Waals surface area contributed by atoms with Crippen molar-refractivity contribution in [1.29, 1.82) is 0 Å². The molecular formula is C16H23FN2O2. The maximum absolute atomic E-state index is 13.3. The van der Waals surface area contributed by atoms with Crippen molar-refractivity contribution >= 4 is 5.91 Å². The molecule has 1 aromatic rings. The predicted molar refractivity (Wildman–Crippen MR) is 79.2 cm³/mol. The van der Waals surface area contributed by atoms with E-state index in [2.05, 4.69) is 0 Å². The van der Waals surface area contributed by atoms with E-state index in [4.69, 9.17) is 10.5 Å². The van der Waals surface area contributed by atoms with Gasteiger partial charge in [0.05, 0.1) is 19.2 Å². The van der Waals surface area contributed by atoms with Gasteiger partial charge in [-0.05, 0) is 30.0 Å². The highest BCUT2D eigenvalue weighted by Crippen LogP contribution is 2.24. The average molecular weight is 294 g/mol. The molecule has 1 heterocycles. The van der Waals surface area contributed by atoms with Crippen molar-refractivity contribution in [2.75, 3.05) is 19.7 Å². The van der Waals surface area contributed by atoms with Gasteiger partial charge in [0, 0.05) is 6.54 Å². The molecule has 1 fully saturated rings. The Morgan fingerprint density at radius 1 is 1.48 bits per heavy atom. The van der Waals surface area contributed by atoms with E-state index in [1.54, 1.807) is 24.0 Å². The van der Waals surface area contributed by atoms with Crippen molar-refractivity contribution in [2.24, 2.45) is 11.7 Å². The summed E-state index contributed by atoms with van der Waals surface area (Å²) in [5, 5.41) is 0. The Hall–Kier alpha value is -1.46. The lowest BCUT2D eigenvalue weighted by atomic mass is 10.0. The molecule has 0 radical (unpaired) electrons. The van der Waals surface area contributed by atoms with Crippen molar-refractivity contribution in [3.05, 3.63) is 35.1 Å². The molecule has 1 aromatic carbocycles. The molecule has 5 heteroatoms. The van der Waals surface area contributed by atoms with Gasteiger partial charge in [0.1, 0.15) is 11.9 Å². The number of ether oxygens (including phenoxy) is 1. The minimum absolute atomic E-state index is 0.0443. The lowest BCUT2D eigenvalue weighted by Crippen LogP contribution is -2.51. The number of halogens is 1. The van der Waals surface area contributed by atoms with Crippen LogP contribution in [0.3, 0.4) is 0 Å². The van der Waals surface area contributed by atoms with E-state index >= 15 is 0 Å². The molecule has 4 nitrogen and oxygen atoms in total. The van der Waals surface area contributed by atoms with E-state index in [0.29, 0.717) is 25.3 Å². The van der Waals surface area contributed by atoms with Gasteiger partial charge >= 0.3 is 0 Å². The summed E-state index contributed by atoms with van der Waals surface area (Å²) in [6.07, 6.45) is -0.221. The van der Waals surface area contributed by atoms with Crippen LogP contribution in [0.5, 0.6) is 0 Å². The third-order valence-corrected chi connectivity index (χ3v) is 3.94. The number of carbonyl (C=O) groups excluding carboxylic acids is 1. The summed E-state index contributed by atoms with van der Waals surface area (Å²) in [4.78, 5) is 14.1. The molecule has 1 aliphatic heterocycles. The van der Waals surface area contributed by atoms with E-state index in [-0.39, 0.29) is 23.7 Å². The molecule has 2 rings (SSSR count). The number of rotatable bonds is 3. The van der Waals surface area contributed by atoms with Crippen molar-refractivity contribution in [3.63, 3.8) is 0 Å². The second kappa shape index (κ2) is 6.54. The minimum atomic E-state index is -0.487. The number of nitrogens with two attached hydrogens (primary N) is 1. The standard InChI is InChI=1S/C16H23FN2O2/c1-10(2)15(18)16(20)19-6-7-21-14(9-19)12-4-5-13(17)11(3)8-12/h4-5,8,10,14-15H,6-7,9,18H2,1-3H3/t14?,15-/m0/s1. The fraction of sp³-hybridized carbons (Fsp3) is 0.562. The molecular weight excluding hydrogens is 271 g/mol. The van der Waals surface area contributed by atoms with E-state index in [9.17, 15) is 9.18 Å². The molecule has 2 N–H and O–H groups in total. The largest absolute Gasteiger partial charge is 0.370 e. The summed E-state index contributed by atoms with van der Waals surface area (Å²) < 4.78 is 19.1. The first kappa shape index (κ1) is 15.9. The number of hydrogen-bond donors (Lipinski definition) is 1. The molecule has 1 unspecified atom stereocenters. The number of morpholine rings is 1. The normalized spacial score (nSPS) is 20.7. The van der Waals surface area contributed by atoms with Crippen LogP contribution in [-0.2, 0) is 9.53 Å². The van der Waals surface area contributed by atoms with E-state index in [1.165, 1.54) is 6.07 Å². The Labute approximate surface area is 125 Å². The predicted octanol–water partition coefficient (Wildman–Crippen LogP) is 2.02. The molecule has 0 aromatic heterocycles. The van der Waals surface area contributed by atoms with E-state index < -0.39 is 6.04 Å². The minimum Gasteiger partial charge on any atom is -0.370 e. The molecule has 0 spiro atoms. The van der Waals surface area contributed by atoms with Gasteiger partial charge in [0.15, 0.2) is 0 Å². The number of benzene rings is 1. The quantitative estimate of drug-likeness (QED) is 0.928. The molecule has 21 heavy (non-hydrogen) atoms. The van der Waals surface area contributed by atoms with Crippen molar-refractivity contribution in [2.45, 2.75) is 32.9 Å². The SMILES string of the molecule is Cc1cc(C2CN(C(=O)[C@@H](N)C(C)C)CCO2)ccc1F. The van der Waals surface area contributed by atoms with Crippen LogP contribution in [0.15, 0.2) is 18.2 Å². The number of nitrogens with zero attached hydrogens (tertiary/aromatic N) is 1. The number of aryl methyl sites for hydroxylation is 1. The summed E-state index contributed by atoms with van der Waals surface area (Å²) >= 11 is 0. The first-order valence-corrected chi connectivity index (χ1v) is 7.32. The lowest BCUT2D eigenvalue weighted by molar-refractivity contribution is -0.141. The van der Waals surface area contributed by atoms with Crippen LogP contribution in [0.25, 0.3) is 0 Å². The summed E-state index contributed by atoms with van der Waals surface area (Å²) in [7, 11) is 0. The molecule has 1 saturated heterocycles. The first-order valence-electron chi connectivity index (χ1n) is 7.32. The summed E-state index contributed by atoms with van der Waals surface area (Å²) in [5.74, 6) is -0.173. The van der Waals surface area contributed by atoms with Crippen LogP contribution in [0, 0.1) is 18.7 Å². The van der Waals surface area contributed by atoms with Gasteiger partial charge in [0.25, 0.3) is 0 Å². The van der Waals surface area contributed by atoms with Crippen LogP contribution in [0.2, 0.25) is 0 Å². The maximum Gasteiger partial charge on any atom is 0.239 e. The van der Waals surface area contributed by atoms with Gasteiger partial charge in [-0.15, -0.1) is 0 Å². The Balaban J connectivity index is 2.10. The van der Waals surface area contributed by atoms with Crippen LogP contribution in [0.1, 0.15) is 31.1 Å². The van der Waals surface area contributed by atoms with E-state index in [0.717, 1.165) is 5.56 Å². The lowest BCUT2D eigenvalue weighted by Gasteiger charge is -2.35. The smallest absolute Gasteiger partial charge is 0.239 e. The Bertz CT molecular complexity index is 519. The second-order valence-corrected chi connectivity index (χ2v) is 5.92. The first-order chi connectivity index (χ1) is 9.90. The van der Waals surface area contributed by atoms with Crippen molar-refractivity contribution in [3.8, 4) is 0 Å². The average Bonchev–Trinajstić information content (AvgIpc) is 2.48. The van der Waals surface area contributed by atoms with Gasteiger partial charge in [-0.1, -0.05) is 26.0 Å². The molecule has 116 valence electrons. The fourth-order valence-electron chi connectivity index (χ4n) is 2.42. The zero-order valence-corrected chi connectivity index (χ0v) is 12.8. The van der Waals surface area contributed by atoms with E-state index in [1.807, 2.05) is 13.8 Å². The van der Waals surface area contributed by atoms with Crippen molar-refractivity contribution < 1.29 is 13.9 Å². The zero-order valence-electron chi connectivity index (χ0n) is 12.8. The highest BCUT2D eigenvalue weighted by molar-refractivity contribution is 5.82. The Kier molecular flexibility index (Phi) is 4.96. The van der Waals surface area contributed by atoms with Crippen LogP contribution >= 0.6 is 0 Å². The highest BCUT2D eigenvalue weighted by Gasteiger charge is 2.29. The van der Waals surface area contributed by atoms with Gasteiger partial charge < -0.3 is 15.4 Å². The fourth-order valence-corrected chi connectivity index (χ4v) is 2.42. The topological polar surface area (TPSA) is 55.6 Å². The number of carbonyl (C=O) groups is 1. The molecule has 2 atom stereocenters. The third kappa shape index (κ3) is 3.60. The molecule has 1 aliphatic rings. The molecule has 0 saturated carbocycles. The zero-order chi connectivity index (χ0) is 15.6. The van der Waals surface area contributed by atoms with Crippen LogP contribution < -0.4 is 5.73 Å². The monoisotopic (exact) mass is 294 g/mol. The van der Waals surface area contributed by atoms with Gasteiger partial charge in [-0.3, -0.25) is 4.79 Å². The third-order valence-electron chi connectivity index (χ3n) is 3.94. The maximum atomic E-state index is 13.3. The molecule has 1 amide bonds. The number of hydrogen-bond acceptors (Lipinski definition) is 3. The van der Waals surface area contributed by atoms with Gasteiger partial charge in [0.2, 0.25) is 5.91 Å². The van der Waals surface area contributed by atoms with Gasteiger partial charge in [-0.2, -0.15) is 0 Å². The summed E-state index contributed by atoms with van der Waals surface area (Å²) in [6.45, 7) is 7.07.